The molecule has 0 radical (unpaired) electrons. The summed E-state index contributed by atoms with van der Waals surface area (Å²) in [6.07, 6.45) is 4.75. The Bertz CT molecular complexity index is 1620. The van der Waals surface area contributed by atoms with Gasteiger partial charge in [0.15, 0.2) is 0 Å². The molecule has 1 fully saturated rings. The average Bonchev–Trinajstić information content (AvgIpc) is 3.30. The molecule has 1 N–H and O–H groups in total. The number of piperidine rings is 1. The first kappa shape index (κ1) is 26.7. The lowest BCUT2D eigenvalue weighted by atomic mass is 9.82. The Balaban J connectivity index is 1.39. The number of thiophene rings is 1. The Kier molecular flexibility index (Phi) is 6.77. The maximum atomic E-state index is 12.0. The van der Waals surface area contributed by atoms with Crippen molar-refractivity contribution >= 4 is 39.0 Å². The molecule has 0 unspecified atom stereocenters. The van der Waals surface area contributed by atoms with Gasteiger partial charge in [-0.3, -0.25) is 9.78 Å². The van der Waals surface area contributed by atoms with Crippen LogP contribution >= 0.6 is 11.3 Å². The Labute approximate surface area is 239 Å². The van der Waals surface area contributed by atoms with E-state index in [4.69, 9.17) is 4.98 Å². The van der Waals surface area contributed by atoms with E-state index in [2.05, 4.69) is 71.0 Å². The number of fused-ring (bicyclic) bond motifs is 2. The maximum absolute atomic E-state index is 12.0. The van der Waals surface area contributed by atoms with Crippen LogP contribution in [0.2, 0.25) is 0 Å². The highest BCUT2D eigenvalue weighted by molar-refractivity contribution is 7.18. The molecule has 40 heavy (non-hydrogen) atoms. The van der Waals surface area contributed by atoms with E-state index in [0.29, 0.717) is 5.41 Å². The summed E-state index contributed by atoms with van der Waals surface area (Å²) in [6.45, 7) is 14.3. The van der Waals surface area contributed by atoms with E-state index in [1.165, 1.54) is 16.7 Å². The number of hydrogen-bond acceptors (Lipinski definition) is 7. The predicted octanol–water partition coefficient (Wildman–Crippen LogP) is 6.49. The number of nitrogens with zero attached hydrogens (tertiary/aromatic N) is 5. The second kappa shape index (κ2) is 10.1. The number of carbonyl (C=O) groups is 1. The predicted molar refractivity (Wildman–Crippen MR) is 163 cm³/mol. The first-order valence-electron chi connectivity index (χ1n) is 14.1. The molecular weight excluding hydrogens is 518 g/mol. The van der Waals surface area contributed by atoms with E-state index < -0.39 is 5.97 Å². The highest BCUT2D eigenvalue weighted by Crippen LogP contribution is 2.42. The van der Waals surface area contributed by atoms with E-state index >= 15 is 0 Å². The summed E-state index contributed by atoms with van der Waals surface area (Å²) >= 11 is 1.72. The number of carboxylic acid groups (broad SMARTS) is 1. The molecule has 208 valence electrons. The third kappa shape index (κ3) is 4.83. The van der Waals surface area contributed by atoms with Gasteiger partial charge in [-0.2, -0.15) is 0 Å². The fraction of sp³-hybridized carbons (Fsp3) is 0.438. The summed E-state index contributed by atoms with van der Waals surface area (Å²) in [7, 11) is 0. The summed E-state index contributed by atoms with van der Waals surface area (Å²) < 4.78 is 1.15. The molecule has 3 aromatic heterocycles. The second-order valence-corrected chi connectivity index (χ2v) is 13.0. The summed E-state index contributed by atoms with van der Waals surface area (Å²) in [5.74, 6) is 0.202. The molecule has 8 heteroatoms. The van der Waals surface area contributed by atoms with E-state index in [1.54, 1.807) is 17.7 Å². The molecule has 0 atom stereocenters. The summed E-state index contributed by atoms with van der Waals surface area (Å²) in [5, 5.41) is 12.0. The lowest BCUT2D eigenvalue weighted by Gasteiger charge is -2.40. The number of aromatic nitrogens is 3. The normalized spacial score (nSPS) is 16.8. The van der Waals surface area contributed by atoms with Gasteiger partial charge in [0.2, 0.25) is 0 Å². The van der Waals surface area contributed by atoms with Crippen molar-refractivity contribution in [2.45, 2.75) is 66.8 Å². The van der Waals surface area contributed by atoms with Gasteiger partial charge in [-0.15, -0.1) is 11.3 Å². The van der Waals surface area contributed by atoms with Crippen LogP contribution in [0.15, 0.2) is 29.9 Å². The molecule has 0 aliphatic carbocycles. The molecule has 0 spiro atoms. The van der Waals surface area contributed by atoms with Crippen molar-refractivity contribution in [3.8, 4) is 11.1 Å². The number of hydrogen-bond donors (Lipinski definition) is 1. The molecule has 2 aliphatic heterocycles. The first-order valence-corrected chi connectivity index (χ1v) is 15.0. The lowest BCUT2D eigenvalue weighted by Crippen LogP contribution is -2.38. The minimum Gasteiger partial charge on any atom is -0.481 e. The molecule has 0 saturated carbocycles. The van der Waals surface area contributed by atoms with Gasteiger partial charge in [-0.05, 0) is 73.1 Å². The van der Waals surface area contributed by atoms with E-state index in [1.807, 2.05) is 6.92 Å². The minimum absolute atomic E-state index is 0.0170. The van der Waals surface area contributed by atoms with Crippen LogP contribution in [0.4, 0.5) is 11.5 Å². The standard InChI is InChI=1S/C32H37N5O2S/c1-19-17-40-30-28(19)33-18-34-31(30)37-11-8-22-14-23(6-7-24(22)16-37)27-21(3)35-20(2)25(15-26(38)39)29(27)36-12-9-32(4,5)10-13-36/h6-7,14,17-18H,8-13,15-16H2,1-5H3,(H,38,39). The number of rotatable bonds is 5. The maximum Gasteiger partial charge on any atom is 0.307 e. The Morgan fingerprint density at radius 2 is 1.80 bits per heavy atom. The SMILES string of the molecule is Cc1nc(C)c(-c2ccc3c(c2)CCN(c2ncnc4c(C)csc24)C3)c(N2CCC(C)(C)CC2)c1CC(=O)O. The Hall–Kier alpha value is -3.52. The second-order valence-electron chi connectivity index (χ2n) is 12.2. The fourth-order valence-corrected chi connectivity index (χ4v) is 7.35. The molecule has 0 bridgehead atoms. The smallest absolute Gasteiger partial charge is 0.307 e. The zero-order valence-electron chi connectivity index (χ0n) is 24.0. The minimum atomic E-state index is -0.816. The van der Waals surface area contributed by atoms with E-state index in [-0.39, 0.29) is 6.42 Å². The third-order valence-electron chi connectivity index (χ3n) is 8.74. The van der Waals surface area contributed by atoms with Crippen molar-refractivity contribution in [3.63, 3.8) is 0 Å². The summed E-state index contributed by atoms with van der Waals surface area (Å²) in [6, 6.07) is 6.77. The van der Waals surface area contributed by atoms with Gasteiger partial charge >= 0.3 is 5.97 Å². The quantitative estimate of drug-likeness (QED) is 0.301. The largest absolute Gasteiger partial charge is 0.481 e. The number of benzene rings is 1. The van der Waals surface area contributed by atoms with Crippen molar-refractivity contribution < 1.29 is 9.90 Å². The molecule has 1 aromatic carbocycles. The summed E-state index contributed by atoms with van der Waals surface area (Å²) in [5.41, 5.74) is 11.1. The van der Waals surface area contributed by atoms with E-state index in [0.717, 1.165) is 95.2 Å². The van der Waals surface area contributed by atoms with Gasteiger partial charge in [0, 0.05) is 48.7 Å². The van der Waals surface area contributed by atoms with Crippen LogP contribution in [-0.2, 0) is 24.2 Å². The molecule has 4 aromatic rings. The van der Waals surface area contributed by atoms with Crippen LogP contribution in [0.25, 0.3) is 21.3 Å². The third-order valence-corrected chi connectivity index (χ3v) is 9.82. The Morgan fingerprint density at radius 3 is 2.55 bits per heavy atom. The zero-order valence-corrected chi connectivity index (χ0v) is 24.9. The molecule has 6 rings (SSSR count). The van der Waals surface area contributed by atoms with Crippen LogP contribution in [-0.4, -0.2) is 45.7 Å². The van der Waals surface area contributed by atoms with Crippen LogP contribution in [0.3, 0.4) is 0 Å². The highest BCUT2D eigenvalue weighted by atomic mass is 32.1. The van der Waals surface area contributed by atoms with Gasteiger partial charge in [0.05, 0.1) is 22.3 Å². The number of aliphatic carboxylic acids is 1. The fourth-order valence-electron chi connectivity index (χ4n) is 6.33. The molecule has 5 heterocycles. The van der Waals surface area contributed by atoms with Crippen molar-refractivity contribution in [2.24, 2.45) is 5.41 Å². The van der Waals surface area contributed by atoms with Crippen LogP contribution < -0.4 is 9.80 Å². The zero-order chi connectivity index (χ0) is 28.2. The van der Waals surface area contributed by atoms with Gasteiger partial charge in [-0.25, -0.2) is 9.97 Å². The number of pyridine rings is 1. The summed E-state index contributed by atoms with van der Waals surface area (Å²) in [4.78, 5) is 30.8. The number of anilines is 2. The Morgan fingerprint density at radius 1 is 1.02 bits per heavy atom. The van der Waals surface area contributed by atoms with E-state index in [9.17, 15) is 9.90 Å². The number of aryl methyl sites for hydroxylation is 3. The van der Waals surface area contributed by atoms with Crippen LogP contribution in [0.5, 0.6) is 0 Å². The van der Waals surface area contributed by atoms with Gasteiger partial charge in [0.1, 0.15) is 12.1 Å². The van der Waals surface area contributed by atoms with Crippen LogP contribution in [0, 0.1) is 26.2 Å². The topological polar surface area (TPSA) is 82.5 Å². The molecule has 1 saturated heterocycles. The average molecular weight is 556 g/mol. The number of carboxylic acids is 1. The van der Waals surface area contributed by atoms with Crippen molar-refractivity contribution in [1.29, 1.82) is 0 Å². The van der Waals surface area contributed by atoms with Gasteiger partial charge in [-0.1, -0.05) is 32.0 Å². The first-order chi connectivity index (χ1) is 19.1. The lowest BCUT2D eigenvalue weighted by molar-refractivity contribution is -0.136. The van der Waals surface area contributed by atoms with Crippen LogP contribution in [0.1, 0.15) is 60.3 Å². The monoisotopic (exact) mass is 555 g/mol. The molecule has 0 amide bonds. The molecule has 2 aliphatic rings. The van der Waals surface area contributed by atoms with Crippen molar-refractivity contribution in [3.05, 3.63) is 63.5 Å². The van der Waals surface area contributed by atoms with Crippen molar-refractivity contribution in [1.82, 2.24) is 15.0 Å². The highest BCUT2D eigenvalue weighted by Gasteiger charge is 2.31. The van der Waals surface area contributed by atoms with Gasteiger partial charge < -0.3 is 14.9 Å². The van der Waals surface area contributed by atoms with Gasteiger partial charge in [0.25, 0.3) is 0 Å². The van der Waals surface area contributed by atoms with Crippen molar-refractivity contribution in [2.75, 3.05) is 29.4 Å². The molecular formula is C32H37N5O2S. The molecule has 7 nitrogen and oxygen atoms in total.